The number of aromatic nitrogens is 2. The van der Waals surface area contributed by atoms with E-state index < -0.39 is 0 Å². The van der Waals surface area contributed by atoms with Crippen LogP contribution in [0.5, 0.6) is 0 Å². The third-order valence-corrected chi connectivity index (χ3v) is 4.23. The molecule has 1 N–H and O–H groups in total. The Morgan fingerprint density at radius 2 is 1.95 bits per heavy atom. The maximum absolute atomic E-state index is 13.6. The summed E-state index contributed by atoms with van der Waals surface area (Å²) in [5, 5.41) is 3.32. The molecule has 0 unspecified atom stereocenters. The first-order valence-corrected chi connectivity index (χ1v) is 8.20. The second kappa shape index (κ2) is 7.15. The zero-order valence-corrected chi connectivity index (χ0v) is 14.7. The van der Waals surface area contributed by atoms with Gasteiger partial charge in [0.05, 0.1) is 9.26 Å². The average molecular weight is 399 g/mol. The van der Waals surface area contributed by atoms with Gasteiger partial charge in [0.1, 0.15) is 11.6 Å². The molecule has 0 aliphatic carbocycles. The SMILES string of the molecule is CCCNc1nc(-c2cc(C)cc(F)c2)nc(CC)c1I. The lowest BCUT2D eigenvalue weighted by Gasteiger charge is -2.12. The maximum Gasteiger partial charge on any atom is 0.161 e. The highest BCUT2D eigenvalue weighted by atomic mass is 127. The lowest BCUT2D eigenvalue weighted by atomic mass is 10.1. The van der Waals surface area contributed by atoms with Crippen LogP contribution in [0.1, 0.15) is 31.5 Å². The second-order valence-electron chi connectivity index (χ2n) is 4.95. The molecule has 112 valence electrons. The van der Waals surface area contributed by atoms with E-state index >= 15 is 0 Å². The first-order chi connectivity index (χ1) is 10.0. The van der Waals surface area contributed by atoms with Crippen molar-refractivity contribution in [1.29, 1.82) is 0 Å². The number of nitrogens with zero attached hydrogens (tertiary/aromatic N) is 2. The minimum Gasteiger partial charge on any atom is -0.369 e. The normalized spacial score (nSPS) is 10.7. The van der Waals surface area contributed by atoms with Crippen molar-refractivity contribution in [2.75, 3.05) is 11.9 Å². The molecule has 0 atom stereocenters. The number of aryl methyl sites for hydroxylation is 2. The third-order valence-electron chi connectivity index (χ3n) is 3.10. The van der Waals surface area contributed by atoms with Gasteiger partial charge in [-0.2, -0.15) is 0 Å². The Morgan fingerprint density at radius 1 is 1.19 bits per heavy atom. The van der Waals surface area contributed by atoms with Crippen molar-refractivity contribution in [3.63, 3.8) is 0 Å². The molecule has 3 nitrogen and oxygen atoms in total. The molecule has 0 fully saturated rings. The highest BCUT2D eigenvalue weighted by molar-refractivity contribution is 14.1. The van der Waals surface area contributed by atoms with Gasteiger partial charge in [0.15, 0.2) is 5.82 Å². The van der Waals surface area contributed by atoms with E-state index in [-0.39, 0.29) is 5.82 Å². The van der Waals surface area contributed by atoms with Gasteiger partial charge in [0.2, 0.25) is 0 Å². The molecule has 0 amide bonds. The molecule has 1 aromatic carbocycles. The van der Waals surface area contributed by atoms with Crippen molar-refractivity contribution in [3.05, 3.63) is 38.8 Å². The topological polar surface area (TPSA) is 37.8 Å². The Balaban J connectivity index is 2.52. The largest absolute Gasteiger partial charge is 0.369 e. The monoisotopic (exact) mass is 399 g/mol. The van der Waals surface area contributed by atoms with Crippen LogP contribution in [0.15, 0.2) is 18.2 Å². The smallest absolute Gasteiger partial charge is 0.161 e. The van der Waals surface area contributed by atoms with Gasteiger partial charge in [-0.3, -0.25) is 0 Å². The molecule has 0 saturated carbocycles. The van der Waals surface area contributed by atoms with E-state index in [9.17, 15) is 4.39 Å². The van der Waals surface area contributed by atoms with Crippen LogP contribution < -0.4 is 5.32 Å². The average Bonchev–Trinajstić information content (AvgIpc) is 2.45. The number of nitrogens with one attached hydrogen (secondary N) is 1. The van der Waals surface area contributed by atoms with Gasteiger partial charge in [-0.05, 0) is 66.1 Å². The van der Waals surface area contributed by atoms with E-state index in [1.165, 1.54) is 12.1 Å². The van der Waals surface area contributed by atoms with E-state index in [2.05, 4.69) is 51.7 Å². The molecule has 1 heterocycles. The summed E-state index contributed by atoms with van der Waals surface area (Å²) in [6, 6.07) is 4.90. The summed E-state index contributed by atoms with van der Waals surface area (Å²) in [6.07, 6.45) is 1.85. The molecule has 0 aliphatic heterocycles. The highest BCUT2D eigenvalue weighted by Gasteiger charge is 2.13. The van der Waals surface area contributed by atoms with Crippen LogP contribution in [0, 0.1) is 16.3 Å². The van der Waals surface area contributed by atoms with E-state index in [1.54, 1.807) is 0 Å². The number of anilines is 1. The van der Waals surface area contributed by atoms with Crippen molar-refractivity contribution >= 4 is 28.4 Å². The quantitative estimate of drug-likeness (QED) is 0.748. The van der Waals surface area contributed by atoms with Crippen LogP contribution in [0.4, 0.5) is 10.2 Å². The van der Waals surface area contributed by atoms with Crippen LogP contribution in [0.2, 0.25) is 0 Å². The Labute approximate surface area is 138 Å². The fraction of sp³-hybridized carbons (Fsp3) is 0.375. The number of benzene rings is 1. The van der Waals surface area contributed by atoms with Crippen LogP contribution in [0.25, 0.3) is 11.4 Å². The Kier molecular flexibility index (Phi) is 5.50. The maximum atomic E-state index is 13.6. The fourth-order valence-corrected chi connectivity index (χ4v) is 2.90. The summed E-state index contributed by atoms with van der Waals surface area (Å²) >= 11 is 2.27. The predicted molar refractivity (Wildman–Crippen MR) is 93.0 cm³/mol. The standard InChI is InChI=1S/C16H19FIN3/c1-4-6-19-16-14(18)13(5-2)20-15(21-16)11-7-10(3)8-12(17)9-11/h7-9H,4-6H2,1-3H3,(H,19,20,21). The Bertz CT molecular complexity index is 623. The molecular formula is C16H19FIN3. The molecular weight excluding hydrogens is 380 g/mol. The summed E-state index contributed by atoms with van der Waals surface area (Å²) in [6.45, 7) is 6.90. The molecule has 0 radical (unpaired) electrons. The Morgan fingerprint density at radius 3 is 2.57 bits per heavy atom. The van der Waals surface area contributed by atoms with Gasteiger partial charge < -0.3 is 5.32 Å². The molecule has 0 spiro atoms. The lowest BCUT2D eigenvalue weighted by Crippen LogP contribution is -2.09. The number of rotatable bonds is 5. The minimum atomic E-state index is -0.256. The second-order valence-corrected chi connectivity index (χ2v) is 6.03. The molecule has 0 aliphatic rings. The fourth-order valence-electron chi connectivity index (χ4n) is 2.08. The summed E-state index contributed by atoms with van der Waals surface area (Å²) in [4.78, 5) is 9.16. The zero-order chi connectivity index (χ0) is 15.4. The molecule has 0 saturated heterocycles. The molecule has 2 rings (SSSR count). The van der Waals surface area contributed by atoms with Crippen molar-refractivity contribution in [2.45, 2.75) is 33.6 Å². The zero-order valence-electron chi connectivity index (χ0n) is 12.5. The van der Waals surface area contributed by atoms with E-state index in [0.29, 0.717) is 5.82 Å². The van der Waals surface area contributed by atoms with Crippen LogP contribution >= 0.6 is 22.6 Å². The molecule has 2 aromatic rings. The van der Waals surface area contributed by atoms with E-state index in [1.807, 2.05) is 13.0 Å². The van der Waals surface area contributed by atoms with Gasteiger partial charge >= 0.3 is 0 Å². The first-order valence-electron chi connectivity index (χ1n) is 7.13. The number of hydrogen-bond acceptors (Lipinski definition) is 3. The number of hydrogen-bond donors (Lipinski definition) is 1. The molecule has 5 heteroatoms. The van der Waals surface area contributed by atoms with Crippen molar-refractivity contribution < 1.29 is 4.39 Å². The van der Waals surface area contributed by atoms with Gasteiger partial charge in [-0.1, -0.05) is 13.8 Å². The van der Waals surface area contributed by atoms with Gasteiger partial charge in [0, 0.05) is 12.1 Å². The molecule has 21 heavy (non-hydrogen) atoms. The van der Waals surface area contributed by atoms with Gasteiger partial charge in [-0.25, -0.2) is 14.4 Å². The highest BCUT2D eigenvalue weighted by Crippen LogP contribution is 2.25. The molecule has 1 aromatic heterocycles. The molecule has 0 bridgehead atoms. The van der Waals surface area contributed by atoms with Crippen molar-refractivity contribution in [2.24, 2.45) is 0 Å². The minimum absolute atomic E-state index is 0.256. The number of halogens is 2. The Hall–Kier alpha value is -1.24. The summed E-state index contributed by atoms with van der Waals surface area (Å²) in [7, 11) is 0. The van der Waals surface area contributed by atoms with Gasteiger partial charge in [0.25, 0.3) is 0 Å². The first kappa shape index (κ1) is 16.1. The van der Waals surface area contributed by atoms with E-state index in [4.69, 9.17) is 0 Å². The van der Waals surface area contributed by atoms with Crippen molar-refractivity contribution in [1.82, 2.24) is 9.97 Å². The predicted octanol–water partition coefficient (Wildman–Crippen LogP) is 4.58. The van der Waals surface area contributed by atoms with Crippen LogP contribution in [0.3, 0.4) is 0 Å². The van der Waals surface area contributed by atoms with E-state index in [0.717, 1.165) is 45.6 Å². The lowest BCUT2D eigenvalue weighted by molar-refractivity contribution is 0.627. The summed E-state index contributed by atoms with van der Waals surface area (Å²) in [5.41, 5.74) is 2.58. The van der Waals surface area contributed by atoms with Gasteiger partial charge in [-0.15, -0.1) is 0 Å². The summed E-state index contributed by atoms with van der Waals surface area (Å²) < 4.78 is 14.6. The van der Waals surface area contributed by atoms with Crippen molar-refractivity contribution in [3.8, 4) is 11.4 Å². The summed E-state index contributed by atoms with van der Waals surface area (Å²) in [5.74, 6) is 1.16. The van der Waals surface area contributed by atoms with Crippen LogP contribution in [-0.2, 0) is 6.42 Å². The third kappa shape index (κ3) is 3.90. The van der Waals surface area contributed by atoms with Crippen LogP contribution in [-0.4, -0.2) is 16.5 Å².